The van der Waals surface area contributed by atoms with Crippen molar-refractivity contribution in [3.8, 4) is 23.0 Å². The van der Waals surface area contributed by atoms with Crippen molar-refractivity contribution in [1.82, 2.24) is 0 Å². The van der Waals surface area contributed by atoms with E-state index >= 15 is 0 Å². The Morgan fingerprint density at radius 2 is 1.79 bits per heavy atom. The number of benzene rings is 2. The van der Waals surface area contributed by atoms with E-state index in [-0.39, 0.29) is 41.4 Å². The molecule has 2 aromatic carbocycles. The minimum atomic E-state index is -0.464. The molecular formula is C22H24O6. The molecule has 0 fully saturated rings. The maximum Gasteiger partial charge on any atom is 0.193 e. The van der Waals surface area contributed by atoms with Crippen LogP contribution in [0.1, 0.15) is 28.4 Å². The molecule has 0 unspecified atom stereocenters. The number of phenolic OH excluding ortho intramolecular Hbond substituents is 2. The summed E-state index contributed by atoms with van der Waals surface area (Å²) in [7, 11) is 2.93. The van der Waals surface area contributed by atoms with E-state index in [1.807, 2.05) is 0 Å². The van der Waals surface area contributed by atoms with Gasteiger partial charge in [-0.2, -0.15) is 0 Å². The average Bonchev–Trinajstić information content (AvgIpc) is 2.71. The topological polar surface area (TPSA) is 96.2 Å². The normalized spacial score (nSPS) is 11.6. The predicted molar refractivity (Wildman–Crippen MR) is 107 cm³/mol. The van der Waals surface area contributed by atoms with Crippen molar-refractivity contribution in [2.24, 2.45) is 0 Å². The first-order valence-corrected chi connectivity index (χ1v) is 8.66. The van der Waals surface area contributed by atoms with Gasteiger partial charge in [0.05, 0.1) is 20.8 Å². The zero-order valence-electron chi connectivity index (χ0n) is 16.1. The van der Waals surface area contributed by atoms with Crippen LogP contribution in [-0.4, -0.2) is 41.9 Å². The number of ether oxygens (including phenoxy) is 2. The van der Waals surface area contributed by atoms with Gasteiger partial charge in [0.15, 0.2) is 5.78 Å². The van der Waals surface area contributed by atoms with Gasteiger partial charge in [0.2, 0.25) is 0 Å². The molecular weight excluding hydrogens is 360 g/mol. The standard InChI is InChI=1S/C22H24O6/c1-14(13-23)4-10-17-19(25)12-20(28-3)21(22(17)26)18(24)11-7-15-5-8-16(27-2)9-6-15/h4-9,11-12,23,25-26H,10,13H2,1-3H3/b11-7+,14-4+. The molecule has 0 aliphatic carbocycles. The Morgan fingerprint density at radius 1 is 1.11 bits per heavy atom. The lowest BCUT2D eigenvalue weighted by atomic mass is 9.99. The molecule has 148 valence electrons. The average molecular weight is 384 g/mol. The number of aliphatic hydroxyl groups excluding tert-OH is 1. The molecule has 0 aromatic heterocycles. The van der Waals surface area contributed by atoms with Crippen LogP contribution in [0.2, 0.25) is 0 Å². The third-order valence-electron chi connectivity index (χ3n) is 4.26. The summed E-state index contributed by atoms with van der Waals surface area (Å²) in [5.41, 5.74) is 1.62. The summed E-state index contributed by atoms with van der Waals surface area (Å²) in [6.45, 7) is 1.59. The van der Waals surface area contributed by atoms with E-state index in [9.17, 15) is 15.0 Å². The lowest BCUT2D eigenvalue weighted by Gasteiger charge is -2.13. The van der Waals surface area contributed by atoms with Gasteiger partial charge in [-0.15, -0.1) is 0 Å². The zero-order chi connectivity index (χ0) is 20.7. The molecule has 0 saturated heterocycles. The van der Waals surface area contributed by atoms with Crippen LogP contribution in [0, 0.1) is 0 Å². The Hall–Kier alpha value is -3.25. The molecule has 2 aromatic rings. The van der Waals surface area contributed by atoms with Gasteiger partial charge < -0.3 is 24.8 Å². The Kier molecular flexibility index (Phi) is 7.23. The van der Waals surface area contributed by atoms with E-state index in [1.54, 1.807) is 50.5 Å². The van der Waals surface area contributed by atoms with Crippen LogP contribution in [-0.2, 0) is 6.42 Å². The molecule has 28 heavy (non-hydrogen) atoms. The molecule has 0 spiro atoms. The van der Waals surface area contributed by atoms with Crippen LogP contribution in [0.25, 0.3) is 6.08 Å². The van der Waals surface area contributed by atoms with Crippen molar-refractivity contribution in [3.63, 3.8) is 0 Å². The molecule has 0 aliphatic rings. The Morgan fingerprint density at radius 3 is 2.36 bits per heavy atom. The molecule has 3 N–H and O–H groups in total. The van der Waals surface area contributed by atoms with Crippen molar-refractivity contribution < 1.29 is 29.6 Å². The smallest absolute Gasteiger partial charge is 0.193 e. The summed E-state index contributed by atoms with van der Waals surface area (Å²) >= 11 is 0. The first-order valence-electron chi connectivity index (χ1n) is 8.66. The van der Waals surface area contributed by atoms with Gasteiger partial charge in [-0.3, -0.25) is 4.79 Å². The molecule has 0 bridgehead atoms. The number of carbonyl (C=O) groups is 1. The maximum atomic E-state index is 12.7. The summed E-state index contributed by atoms with van der Waals surface area (Å²) < 4.78 is 10.3. The molecule has 2 rings (SSSR count). The second-order valence-electron chi connectivity index (χ2n) is 6.18. The maximum absolute atomic E-state index is 12.7. The van der Waals surface area contributed by atoms with E-state index < -0.39 is 5.78 Å². The second-order valence-corrected chi connectivity index (χ2v) is 6.18. The predicted octanol–water partition coefficient (Wildman–Crippen LogP) is 3.49. The summed E-state index contributed by atoms with van der Waals surface area (Å²) in [4.78, 5) is 12.7. The summed E-state index contributed by atoms with van der Waals surface area (Å²) in [5.74, 6) is -0.215. The SMILES string of the molecule is COc1ccc(/C=C/C(=O)c2c(OC)cc(O)c(C/C=C(\C)CO)c2O)cc1. The minimum absolute atomic E-state index is 0.0323. The van der Waals surface area contributed by atoms with Gasteiger partial charge in [-0.05, 0) is 37.1 Å². The number of hydrogen-bond acceptors (Lipinski definition) is 6. The van der Waals surface area contributed by atoms with E-state index in [2.05, 4.69) is 0 Å². The van der Waals surface area contributed by atoms with Crippen molar-refractivity contribution in [2.45, 2.75) is 13.3 Å². The van der Waals surface area contributed by atoms with Gasteiger partial charge in [0.1, 0.15) is 28.6 Å². The first kappa shape index (κ1) is 21.1. The molecule has 0 atom stereocenters. The van der Waals surface area contributed by atoms with Crippen molar-refractivity contribution in [2.75, 3.05) is 20.8 Å². The van der Waals surface area contributed by atoms with Crippen molar-refractivity contribution in [1.29, 1.82) is 0 Å². The van der Waals surface area contributed by atoms with E-state index in [4.69, 9.17) is 14.6 Å². The van der Waals surface area contributed by atoms with Crippen LogP contribution in [0.15, 0.2) is 48.1 Å². The Labute approximate surface area is 164 Å². The third-order valence-corrected chi connectivity index (χ3v) is 4.26. The Bertz CT molecular complexity index is 894. The van der Waals surface area contributed by atoms with Gasteiger partial charge in [0, 0.05) is 11.6 Å². The quantitative estimate of drug-likeness (QED) is 0.366. The molecule has 0 heterocycles. The van der Waals surface area contributed by atoms with E-state index in [1.165, 1.54) is 19.3 Å². The summed E-state index contributed by atoms with van der Waals surface area (Å²) in [5, 5.41) is 29.9. The molecule has 0 amide bonds. The largest absolute Gasteiger partial charge is 0.507 e. The van der Waals surface area contributed by atoms with Gasteiger partial charge in [0.25, 0.3) is 0 Å². The highest BCUT2D eigenvalue weighted by atomic mass is 16.5. The van der Waals surface area contributed by atoms with Crippen LogP contribution in [0.3, 0.4) is 0 Å². The molecule has 0 aliphatic heterocycles. The lowest BCUT2D eigenvalue weighted by Crippen LogP contribution is -2.02. The van der Waals surface area contributed by atoms with Gasteiger partial charge >= 0.3 is 0 Å². The highest BCUT2D eigenvalue weighted by Gasteiger charge is 2.21. The van der Waals surface area contributed by atoms with Crippen LogP contribution < -0.4 is 9.47 Å². The molecule has 0 radical (unpaired) electrons. The fourth-order valence-electron chi connectivity index (χ4n) is 2.58. The third kappa shape index (κ3) is 4.92. The van der Waals surface area contributed by atoms with Crippen LogP contribution in [0.4, 0.5) is 0 Å². The fraction of sp³-hybridized carbons (Fsp3) is 0.227. The minimum Gasteiger partial charge on any atom is -0.507 e. The number of ketones is 1. The number of methoxy groups -OCH3 is 2. The number of phenols is 2. The van der Waals surface area contributed by atoms with Crippen LogP contribution >= 0.6 is 0 Å². The summed E-state index contributed by atoms with van der Waals surface area (Å²) in [6.07, 6.45) is 4.78. The van der Waals surface area contributed by atoms with E-state index in [0.717, 1.165) is 5.56 Å². The first-order chi connectivity index (χ1) is 13.4. The molecule has 0 saturated carbocycles. The van der Waals surface area contributed by atoms with Gasteiger partial charge in [-0.25, -0.2) is 0 Å². The van der Waals surface area contributed by atoms with Crippen LogP contribution in [0.5, 0.6) is 23.0 Å². The highest BCUT2D eigenvalue weighted by molar-refractivity contribution is 6.11. The number of aliphatic hydroxyl groups is 1. The lowest BCUT2D eigenvalue weighted by molar-refractivity contribution is 0.104. The van der Waals surface area contributed by atoms with Crippen molar-refractivity contribution in [3.05, 3.63) is 64.7 Å². The zero-order valence-corrected chi connectivity index (χ0v) is 16.1. The monoisotopic (exact) mass is 384 g/mol. The number of hydrogen-bond donors (Lipinski definition) is 3. The van der Waals surface area contributed by atoms with Gasteiger partial charge in [-0.1, -0.05) is 29.9 Å². The molecule has 6 heteroatoms. The second kappa shape index (κ2) is 9.62. The molecule has 6 nitrogen and oxygen atoms in total. The number of aromatic hydroxyl groups is 2. The summed E-state index contributed by atoms with van der Waals surface area (Å²) in [6, 6.07) is 8.44. The highest BCUT2D eigenvalue weighted by Crippen LogP contribution is 2.39. The van der Waals surface area contributed by atoms with Crippen molar-refractivity contribution >= 4 is 11.9 Å². The fourth-order valence-corrected chi connectivity index (χ4v) is 2.58. The number of carbonyl (C=O) groups excluding carboxylic acids is 1. The van der Waals surface area contributed by atoms with E-state index in [0.29, 0.717) is 11.3 Å². The Balaban J connectivity index is 2.38. The number of rotatable bonds is 8. The number of allylic oxidation sites excluding steroid dienone is 2.